The third-order valence-electron chi connectivity index (χ3n) is 2.71. The lowest BCUT2D eigenvalue weighted by Gasteiger charge is -2.18. The van der Waals surface area contributed by atoms with Crippen molar-refractivity contribution >= 4 is 21.7 Å². The summed E-state index contributed by atoms with van der Waals surface area (Å²) in [5.41, 5.74) is 0.726. The van der Waals surface area contributed by atoms with E-state index in [2.05, 4.69) is 15.9 Å². The van der Waals surface area contributed by atoms with Crippen molar-refractivity contribution in [2.75, 3.05) is 6.61 Å². The zero-order valence-electron chi connectivity index (χ0n) is 9.39. The number of hydrogen-bond acceptors (Lipinski definition) is 3. The smallest absolute Gasteiger partial charge is 0.165 e. The number of allylic oxidation sites excluding steroid dienone is 1. The number of ether oxygens (including phenoxy) is 1. The second-order valence-electron chi connectivity index (χ2n) is 3.84. The molecule has 0 bridgehead atoms. The number of benzene rings is 1. The van der Waals surface area contributed by atoms with Gasteiger partial charge in [0, 0.05) is 10.0 Å². The third kappa shape index (κ3) is 2.42. The second kappa shape index (κ2) is 5.02. The molecule has 0 saturated carbocycles. The van der Waals surface area contributed by atoms with E-state index in [1.165, 1.54) is 12.2 Å². The Balaban J connectivity index is 2.42. The van der Waals surface area contributed by atoms with Crippen molar-refractivity contribution < 1.29 is 14.6 Å². The highest BCUT2D eigenvalue weighted by atomic mass is 79.9. The lowest BCUT2D eigenvalue weighted by atomic mass is 9.93. The van der Waals surface area contributed by atoms with Crippen molar-refractivity contribution in [3.63, 3.8) is 0 Å². The summed E-state index contributed by atoms with van der Waals surface area (Å²) in [6.45, 7) is 2.41. The Morgan fingerprint density at radius 2 is 2.24 bits per heavy atom. The molecule has 17 heavy (non-hydrogen) atoms. The van der Waals surface area contributed by atoms with Crippen molar-refractivity contribution in [3.8, 4) is 5.75 Å². The summed E-state index contributed by atoms with van der Waals surface area (Å²) in [5.74, 6) is 0.0161. The Kier molecular flexibility index (Phi) is 3.64. The number of carbonyl (C=O) groups is 1. The maximum absolute atomic E-state index is 11.7. The van der Waals surface area contributed by atoms with Gasteiger partial charge in [0.05, 0.1) is 18.6 Å². The molecule has 0 amide bonds. The molecule has 0 heterocycles. The average molecular weight is 297 g/mol. The predicted octanol–water partition coefficient (Wildman–Crippen LogP) is 2.43. The molecule has 1 aliphatic rings. The molecule has 90 valence electrons. The molecule has 0 saturated heterocycles. The first-order valence-corrected chi connectivity index (χ1v) is 6.25. The van der Waals surface area contributed by atoms with Crippen LogP contribution in [0.3, 0.4) is 0 Å². The van der Waals surface area contributed by atoms with Gasteiger partial charge in [-0.1, -0.05) is 22.0 Å². The summed E-state index contributed by atoms with van der Waals surface area (Å²) in [6.07, 6.45) is 2.17. The monoisotopic (exact) mass is 296 g/mol. The van der Waals surface area contributed by atoms with Gasteiger partial charge in [-0.2, -0.15) is 0 Å². The summed E-state index contributed by atoms with van der Waals surface area (Å²) in [5, 5.41) is 9.82. The molecule has 0 aromatic heterocycles. The number of aliphatic hydroxyl groups is 1. The van der Waals surface area contributed by atoms with Crippen LogP contribution < -0.4 is 4.74 Å². The number of halogens is 1. The van der Waals surface area contributed by atoms with Crippen LogP contribution in [0.25, 0.3) is 0 Å². The van der Waals surface area contributed by atoms with E-state index in [0.29, 0.717) is 12.4 Å². The quantitative estimate of drug-likeness (QED) is 0.932. The van der Waals surface area contributed by atoms with Gasteiger partial charge >= 0.3 is 0 Å². The van der Waals surface area contributed by atoms with Gasteiger partial charge in [-0.05, 0) is 31.2 Å². The molecule has 1 N–H and O–H groups in total. The van der Waals surface area contributed by atoms with Gasteiger partial charge < -0.3 is 9.84 Å². The molecule has 2 unspecified atom stereocenters. The van der Waals surface area contributed by atoms with Crippen LogP contribution in [-0.4, -0.2) is 23.6 Å². The number of carbonyl (C=O) groups excluding carboxylic acids is 1. The van der Waals surface area contributed by atoms with Gasteiger partial charge in [0.1, 0.15) is 5.75 Å². The zero-order valence-corrected chi connectivity index (χ0v) is 11.0. The van der Waals surface area contributed by atoms with Gasteiger partial charge in [0.25, 0.3) is 0 Å². The van der Waals surface area contributed by atoms with Crippen molar-refractivity contribution in [1.82, 2.24) is 0 Å². The lowest BCUT2D eigenvalue weighted by molar-refractivity contribution is -0.116. The minimum atomic E-state index is -0.768. The van der Waals surface area contributed by atoms with E-state index in [-0.39, 0.29) is 5.78 Å². The first kappa shape index (κ1) is 12.3. The fourth-order valence-electron chi connectivity index (χ4n) is 1.96. The van der Waals surface area contributed by atoms with Gasteiger partial charge in [-0.25, -0.2) is 0 Å². The molecule has 1 aromatic rings. The van der Waals surface area contributed by atoms with Crippen molar-refractivity contribution in [2.24, 2.45) is 0 Å². The van der Waals surface area contributed by atoms with Crippen LogP contribution in [0.1, 0.15) is 18.4 Å². The van der Waals surface area contributed by atoms with E-state index in [1.54, 1.807) is 6.07 Å². The van der Waals surface area contributed by atoms with E-state index in [9.17, 15) is 9.90 Å². The van der Waals surface area contributed by atoms with E-state index in [0.717, 1.165) is 10.0 Å². The molecule has 1 aromatic carbocycles. The Bertz CT molecular complexity index is 468. The third-order valence-corrected chi connectivity index (χ3v) is 3.21. The Labute approximate surface area is 108 Å². The van der Waals surface area contributed by atoms with Gasteiger partial charge in [-0.15, -0.1) is 0 Å². The number of hydrogen-bond donors (Lipinski definition) is 1. The maximum atomic E-state index is 11.7. The molecule has 0 spiro atoms. The Hall–Kier alpha value is -1.13. The molecule has 2 rings (SSSR count). The molecule has 3 nitrogen and oxygen atoms in total. The van der Waals surface area contributed by atoms with Gasteiger partial charge in [0.15, 0.2) is 5.78 Å². The summed E-state index contributed by atoms with van der Waals surface area (Å²) < 4.78 is 6.35. The minimum absolute atomic E-state index is 0.0865. The highest BCUT2D eigenvalue weighted by molar-refractivity contribution is 9.10. The molecule has 1 aliphatic carbocycles. The van der Waals surface area contributed by atoms with Crippen LogP contribution in [0.2, 0.25) is 0 Å². The topological polar surface area (TPSA) is 46.5 Å². The molecular formula is C13H13BrO3. The SMILES string of the molecule is CCOc1ccc(Br)cc1C1C(=O)C=CC1O. The molecule has 2 atom stereocenters. The first-order valence-electron chi connectivity index (χ1n) is 5.46. The number of aliphatic hydroxyl groups excluding tert-OH is 1. The minimum Gasteiger partial charge on any atom is -0.494 e. The standard InChI is InChI=1S/C13H13BrO3/c1-2-17-12-6-3-8(14)7-9(12)13-10(15)4-5-11(13)16/h3-7,10,13,15H,2H2,1H3. The van der Waals surface area contributed by atoms with E-state index in [4.69, 9.17) is 4.74 Å². The van der Waals surface area contributed by atoms with E-state index >= 15 is 0 Å². The summed E-state index contributed by atoms with van der Waals surface area (Å²) in [6, 6.07) is 5.48. The average Bonchev–Trinajstić information content (AvgIpc) is 2.62. The van der Waals surface area contributed by atoms with E-state index in [1.807, 2.05) is 19.1 Å². The molecule has 0 fully saturated rings. The van der Waals surface area contributed by atoms with Gasteiger partial charge in [-0.3, -0.25) is 4.79 Å². The second-order valence-corrected chi connectivity index (χ2v) is 4.76. The molecule has 0 radical (unpaired) electrons. The van der Waals surface area contributed by atoms with Crippen LogP contribution in [0, 0.1) is 0 Å². The number of ketones is 1. The van der Waals surface area contributed by atoms with Crippen LogP contribution in [0.4, 0.5) is 0 Å². The van der Waals surface area contributed by atoms with Gasteiger partial charge in [0.2, 0.25) is 0 Å². The van der Waals surface area contributed by atoms with Crippen LogP contribution >= 0.6 is 15.9 Å². The number of rotatable bonds is 3. The largest absolute Gasteiger partial charge is 0.494 e. The maximum Gasteiger partial charge on any atom is 0.165 e. The fourth-order valence-corrected chi connectivity index (χ4v) is 2.34. The molecule has 0 aliphatic heterocycles. The Morgan fingerprint density at radius 1 is 1.47 bits per heavy atom. The predicted molar refractivity (Wildman–Crippen MR) is 68.2 cm³/mol. The molecule has 4 heteroatoms. The molecular weight excluding hydrogens is 284 g/mol. The first-order chi connectivity index (χ1) is 8.13. The van der Waals surface area contributed by atoms with Crippen LogP contribution in [0.15, 0.2) is 34.8 Å². The van der Waals surface area contributed by atoms with Crippen LogP contribution in [-0.2, 0) is 4.79 Å². The Morgan fingerprint density at radius 3 is 2.82 bits per heavy atom. The highest BCUT2D eigenvalue weighted by Gasteiger charge is 2.32. The van der Waals surface area contributed by atoms with E-state index < -0.39 is 12.0 Å². The summed E-state index contributed by atoms with van der Waals surface area (Å²) >= 11 is 3.37. The lowest BCUT2D eigenvalue weighted by Crippen LogP contribution is -2.18. The normalized spacial score (nSPS) is 23.1. The summed E-state index contributed by atoms with van der Waals surface area (Å²) in [7, 11) is 0. The van der Waals surface area contributed by atoms with Crippen molar-refractivity contribution in [1.29, 1.82) is 0 Å². The fraction of sp³-hybridized carbons (Fsp3) is 0.308. The highest BCUT2D eigenvalue weighted by Crippen LogP contribution is 2.35. The van der Waals surface area contributed by atoms with Crippen molar-refractivity contribution in [2.45, 2.75) is 18.9 Å². The zero-order chi connectivity index (χ0) is 12.4. The van der Waals surface area contributed by atoms with Crippen LogP contribution in [0.5, 0.6) is 5.75 Å². The van der Waals surface area contributed by atoms with Crippen molar-refractivity contribution in [3.05, 3.63) is 40.4 Å². The summed E-state index contributed by atoms with van der Waals surface area (Å²) in [4.78, 5) is 11.7.